The number of anilines is 1. The third kappa shape index (κ3) is 1.06. The Kier molecular flexibility index (Phi) is 1.60. The Morgan fingerprint density at radius 2 is 2.36 bits per heavy atom. The normalized spacial score (nSPS) is 10.6. The van der Waals surface area contributed by atoms with Crippen molar-refractivity contribution in [2.24, 2.45) is 0 Å². The van der Waals surface area contributed by atoms with Crippen LogP contribution in [0.25, 0.3) is 11.0 Å². The van der Waals surface area contributed by atoms with Crippen molar-refractivity contribution < 1.29 is 4.92 Å². The topological polar surface area (TPSA) is 111 Å². The molecule has 0 spiro atoms. The Morgan fingerprint density at radius 1 is 1.64 bits per heavy atom. The molecule has 3 N–H and O–H groups in total. The summed E-state index contributed by atoms with van der Waals surface area (Å²) in [5.41, 5.74) is 6.19. The number of aryl methyl sites for hydroxylation is 1. The third-order valence-corrected chi connectivity index (χ3v) is 1.94. The minimum Gasteiger partial charge on any atom is -0.384 e. The molecule has 0 amide bonds. The van der Waals surface area contributed by atoms with Crippen LogP contribution < -0.4 is 5.73 Å². The highest BCUT2D eigenvalue weighted by molar-refractivity contribution is 5.87. The zero-order valence-corrected chi connectivity index (χ0v) is 7.31. The second-order valence-corrected chi connectivity index (χ2v) is 2.86. The van der Waals surface area contributed by atoms with Gasteiger partial charge < -0.3 is 5.73 Å². The van der Waals surface area contributed by atoms with Crippen molar-refractivity contribution in [3.63, 3.8) is 0 Å². The Morgan fingerprint density at radius 3 is 3.00 bits per heavy atom. The lowest BCUT2D eigenvalue weighted by Crippen LogP contribution is -1.94. The van der Waals surface area contributed by atoms with Gasteiger partial charge in [-0.05, 0) is 6.92 Å². The molecule has 0 unspecified atom stereocenters. The number of nitrogens with two attached hydrogens (primary N) is 1. The number of pyridine rings is 1. The zero-order valence-electron chi connectivity index (χ0n) is 7.31. The molecule has 0 aromatic carbocycles. The molecule has 2 rings (SSSR count). The van der Waals surface area contributed by atoms with Crippen LogP contribution in [0.1, 0.15) is 5.69 Å². The van der Waals surface area contributed by atoms with E-state index in [-0.39, 0.29) is 11.5 Å². The zero-order chi connectivity index (χ0) is 10.3. The summed E-state index contributed by atoms with van der Waals surface area (Å²) in [4.78, 5) is 14.1. The van der Waals surface area contributed by atoms with E-state index in [4.69, 9.17) is 5.73 Å². The summed E-state index contributed by atoms with van der Waals surface area (Å²) in [7, 11) is 0. The first kappa shape index (κ1) is 8.42. The van der Waals surface area contributed by atoms with Crippen LogP contribution >= 0.6 is 0 Å². The van der Waals surface area contributed by atoms with E-state index in [0.717, 1.165) is 0 Å². The van der Waals surface area contributed by atoms with E-state index in [0.29, 0.717) is 16.7 Å². The molecule has 0 atom stereocenters. The van der Waals surface area contributed by atoms with E-state index in [9.17, 15) is 10.1 Å². The Bertz CT molecular complexity index is 518. The maximum absolute atomic E-state index is 10.6. The van der Waals surface area contributed by atoms with Crippen LogP contribution in [0.5, 0.6) is 0 Å². The number of aromatic amines is 1. The van der Waals surface area contributed by atoms with Gasteiger partial charge in [0.25, 0.3) is 5.69 Å². The van der Waals surface area contributed by atoms with Gasteiger partial charge in [-0.3, -0.25) is 15.2 Å². The average Bonchev–Trinajstić information content (AvgIpc) is 2.46. The average molecular weight is 193 g/mol. The lowest BCUT2D eigenvalue weighted by atomic mass is 10.2. The standard InChI is InChI=1S/C7H7N5O2/c1-3-5(12(13)14)2-4-6(8)10-11-7(4)9-3/h2H,1H3,(H3,8,9,10,11). The van der Waals surface area contributed by atoms with E-state index in [1.54, 1.807) is 6.92 Å². The number of fused-ring (bicyclic) bond motifs is 1. The number of hydrogen-bond donors (Lipinski definition) is 2. The third-order valence-electron chi connectivity index (χ3n) is 1.94. The van der Waals surface area contributed by atoms with Gasteiger partial charge in [-0.2, -0.15) is 5.10 Å². The lowest BCUT2D eigenvalue weighted by molar-refractivity contribution is -0.385. The van der Waals surface area contributed by atoms with Crippen LogP contribution in [-0.2, 0) is 0 Å². The van der Waals surface area contributed by atoms with E-state index in [2.05, 4.69) is 15.2 Å². The van der Waals surface area contributed by atoms with E-state index in [1.165, 1.54) is 6.07 Å². The first-order chi connectivity index (χ1) is 6.59. The molecule has 0 aliphatic rings. The molecule has 0 fully saturated rings. The molecule has 0 saturated carbocycles. The molecular formula is C7H7N5O2. The van der Waals surface area contributed by atoms with Gasteiger partial charge in [-0.15, -0.1) is 0 Å². The molecule has 2 aromatic rings. The summed E-state index contributed by atoms with van der Waals surface area (Å²) in [6, 6.07) is 1.37. The van der Waals surface area contributed by atoms with Crippen molar-refractivity contribution in [1.82, 2.24) is 15.2 Å². The molecule has 7 heteroatoms. The minimum atomic E-state index is -0.492. The van der Waals surface area contributed by atoms with Crippen LogP contribution in [0, 0.1) is 17.0 Å². The van der Waals surface area contributed by atoms with Crippen molar-refractivity contribution in [3.8, 4) is 0 Å². The number of aromatic nitrogens is 3. The Hall–Kier alpha value is -2.18. The summed E-state index contributed by atoms with van der Waals surface area (Å²) in [6.07, 6.45) is 0. The lowest BCUT2D eigenvalue weighted by Gasteiger charge is -1.95. The predicted octanol–water partition coefficient (Wildman–Crippen LogP) is 0.757. The molecular weight excluding hydrogens is 186 g/mol. The molecule has 7 nitrogen and oxygen atoms in total. The molecule has 0 aliphatic carbocycles. The van der Waals surface area contributed by atoms with Crippen LogP contribution in [0.2, 0.25) is 0 Å². The SMILES string of the molecule is Cc1nc2n[nH]c(N)c2cc1[N+](=O)[O-]. The van der Waals surface area contributed by atoms with Crippen molar-refractivity contribution in [1.29, 1.82) is 0 Å². The fraction of sp³-hybridized carbons (Fsp3) is 0.143. The van der Waals surface area contributed by atoms with Gasteiger partial charge in [0.15, 0.2) is 5.65 Å². The van der Waals surface area contributed by atoms with Gasteiger partial charge in [-0.1, -0.05) is 0 Å². The van der Waals surface area contributed by atoms with Crippen molar-refractivity contribution in [3.05, 3.63) is 21.9 Å². The quantitative estimate of drug-likeness (QED) is 0.513. The molecule has 0 saturated heterocycles. The molecule has 0 bridgehead atoms. The number of hydrogen-bond acceptors (Lipinski definition) is 5. The number of nitrogens with zero attached hydrogens (tertiary/aromatic N) is 3. The van der Waals surface area contributed by atoms with E-state index < -0.39 is 4.92 Å². The molecule has 2 aromatic heterocycles. The van der Waals surface area contributed by atoms with Crippen LogP contribution in [0.3, 0.4) is 0 Å². The van der Waals surface area contributed by atoms with Crippen molar-refractivity contribution in [2.45, 2.75) is 6.92 Å². The van der Waals surface area contributed by atoms with Gasteiger partial charge >= 0.3 is 0 Å². The summed E-state index contributed by atoms with van der Waals surface area (Å²) in [5, 5.41) is 17.4. The smallest absolute Gasteiger partial charge is 0.291 e. The molecule has 0 radical (unpaired) electrons. The number of nitrogens with one attached hydrogen (secondary N) is 1. The second kappa shape index (κ2) is 2.66. The second-order valence-electron chi connectivity index (χ2n) is 2.86. The minimum absolute atomic E-state index is 0.0504. The summed E-state index contributed by atoms with van der Waals surface area (Å²) in [6.45, 7) is 1.56. The summed E-state index contributed by atoms with van der Waals surface area (Å²) < 4.78 is 0. The van der Waals surface area contributed by atoms with Crippen LogP contribution in [0.15, 0.2) is 6.07 Å². The Labute approximate surface area is 78.1 Å². The fourth-order valence-corrected chi connectivity index (χ4v) is 1.22. The number of nitro groups is 1. The van der Waals surface area contributed by atoms with Gasteiger partial charge in [0.05, 0.1) is 10.3 Å². The fourth-order valence-electron chi connectivity index (χ4n) is 1.22. The van der Waals surface area contributed by atoms with Gasteiger partial charge in [0.1, 0.15) is 11.5 Å². The van der Waals surface area contributed by atoms with Crippen LogP contribution in [0.4, 0.5) is 11.5 Å². The highest BCUT2D eigenvalue weighted by Crippen LogP contribution is 2.24. The molecule has 72 valence electrons. The largest absolute Gasteiger partial charge is 0.384 e. The first-order valence-corrected chi connectivity index (χ1v) is 3.85. The summed E-state index contributed by atoms with van der Waals surface area (Å²) >= 11 is 0. The van der Waals surface area contributed by atoms with Gasteiger partial charge in [0, 0.05) is 6.07 Å². The van der Waals surface area contributed by atoms with Crippen molar-refractivity contribution >= 4 is 22.5 Å². The van der Waals surface area contributed by atoms with Gasteiger partial charge in [-0.25, -0.2) is 4.98 Å². The molecule has 14 heavy (non-hydrogen) atoms. The maximum Gasteiger partial charge on any atom is 0.291 e. The van der Waals surface area contributed by atoms with Gasteiger partial charge in [0.2, 0.25) is 0 Å². The first-order valence-electron chi connectivity index (χ1n) is 3.85. The monoisotopic (exact) mass is 193 g/mol. The molecule has 2 heterocycles. The number of rotatable bonds is 1. The highest BCUT2D eigenvalue weighted by atomic mass is 16.6. The summed E-state index contributed by atoms with van der Waals surface area (Å²) in [5.74, 6) is 0.288. The van der Waals surface area contributed by atoms with E-state index >= 15 is 0 Å². The maximum atomic E-state index is 10.6. The number of nitrogen functional groups attached to an aromatic ring is 1. The van der Waals surface area contributed by atoms with E-state index in [1.807, 2.05) is 0 Å². The Balaban J connectivity index is 2.80. The highest BCUT2D eigenvalue weighted by Gasteiger charge is 2.15. The molecule has 0 aliphatic heterocycles. The van der Waals surface area contributed by atoms with Crippen LogP contribution in [-0.4, -0.2) is 20.1 Å². The number of H-pyrrole nitrogens is 1. The predicted molar refractivity (Wildman–Crippen MR) is 49.7 cm³/mol. The van der Waals surface area contributed by atoms with Crippen molar-refractivity contribution in [2.75, 3.05) is 5.73 Å².